The lowest BCUT2D eigenvalue weighted by Crippen LogP contribution is -2.37. The van der Waals surface area contributed by atoms with Crippen LogP contribution in [0.2, 0.25) is 0 Å². The van der Waals surface area contributed by atoms with Crippen molar-refractivity contribution in [3.63, 3.8) is 0 Å². The largest absolute Gasteiger partial charge is 0.436 e. The quantitative estimate of drug-likeness (QED) is 0.652. The summed E-state index contributed by atoms with van der Waals surface area (Å²) >= 11 is 0. The molecule has 0 aliphatic carbocycles. The Bertz CT molecular complexity index is 1020. The molecule has 2 heterocycles. The molecule has 2 aromatic carbocycles. The van der Waals surface area contributed by atoms with Crippen LogP contribution in [0.25, 0.3) is 0 Å². The van der Waals surface area contributed by atoms with Crippen molar-refractivity contribution >= 4 is 11.7 Å². The SMILES string of the molecule is C[C@@H](NC(=O)c1ccc(Oc2nccnc2N2CCOCC2)cc1)c1ccc(F)cc1. The van der Waals surface area contributed by atoms with Gasteiger partial charge in [0.2, 0.25) is 0 Å². The molecule has 1 aliphatic rings. The summed E-state index contributed by atoms with van der Waals surface area (Å²) < 4.78 is 24.4. The lowest BCUT2D eigenvalue weighted by atomic mass is 10.1. The average molecular weight is 422 g/mol. The summed E-state index contributed by atoms with van der Waals surface area (Å²) in [5.41, 5.74) is 1.32. The van der Waals surface area contributed by atoms with Crippen molar-refractivity contribution in [3.8, 4) is 11.6 Å². The Morgan fingerprint density at radius 2 is 1.74 bits per heavy atom. The number of halogens is 1. The third-order valence-electron chi connectivity index (χ3n) is 5.01. The molecule has 7 nitrogen and oxygen atoms in total. The number of benzene rings is 2. The van der Waals surface area contributed by atoms with Gasteiger partial charge in [-0.25, -0.2) is 14.4 Å². The van der Waals surface area contributed by atoms with Crippen LogP contribution < -0.4 is 15.0 Å². The number of hydrogen-bond acceptors (Lipinski definition) is 6. The second kappa shape index (κ2) is 9.53. The molecular formula is C23H23FN4O3. The van der Waals surface area contributed by atoms with Gasteiger partial charge in [-0.15, -0.1) is 0 Å². The lowest BCUT2D eigenvalue weighted by molar-refractivity contribution is 0.0940. The zero-order valence-electron chi connectivity index (χ0n) is 17.1. The number of hydrogen-bond donors (Lipinski definition) is 1. The van der Waals surface area contributed by atoms with Crippen LogP contribution >= 0.6 is 0 Å². The van der Waals surface area contributed by atoms with Crippen LogP contribution in [-0.4, -0.2) is 42.2 Å². The molecule has 1 amide bonds. The van der Waals surface area contributed by atoms with Gasteiger partial charge in [-0.2, -0.15) is 0 Å². The Morgan fingerprint density at radius 1 is 1.06 bits per heavy atom. The zero-order valence-corrected chi connectivity index (χ0v) is 17.1. The molecule has 0 radical (unpaired) electrons. The van der Waals surface area contributed by atoms with Crippen molar-refractivity contribution in [2.45, 2.75) is 13.0 Å². The molecule has 0 spiro atoms. The molecule has 1 N–H and O–H groups in total. The summed E-state index contributed by atoms with van der Waals surface area (Å²) in [4.78, 5) is 23.4. The fourth-order valence-corrected chi connectivity index (χ4v) is 3.28. The average Bonchev–Trinajstić information content (AvgIpc) is 2.81. The Labute approximate surface area is 179 Å². The van der Waals surface area contributed by atoms with Crippen molar-refractivity contribution in [2.75, 3.05) is 31.2 Å². The molecule has 160 valence electrons. The number of carbonyl (C=O) groups is 1. The Balaban J connectivity index is 1.41. The van der Waals surface area contributed by atoms with Crippen LogP contribution in [0.15, 0.2) is 60.9 Å². The van der Waals surface area contributed by atoms with Crippen LogP contribution in [0.1, 0.15) is 28.9 Å². The van der Waals surface area contributed by atoms with Crippen molar-refractivity contribution < 1.29 is 18.7 Å². The van der Waals surface area contributed by atoms with Gasteiger partial charge in [0, 0.05) is 31.0 Å². The van der Waals surface area contributed by atoms with Gasteiger partial charge in [0.05, 0.1) is 19.3 Å². The molecule has 3 aromatic rings. The number of nitrogens with zero attached hydrogens (tertiary/aromatic N) is 3. The normalized spacial score (nSPS) is 14.7. The first-order valence-electron chi connectivity index (χ1n) is 10.1. The molecule has 4 rings (SSSR count). The maximum Gasteiger partial charge on any atom is 0.263 e. The van der Waals surface area contributed by atoms with E-state index in [2.05, 4.69) is 20.2 Å². The fraction of sp³-hybridized carbons (Fsp3) is 0.261. The highest BCUT2D eigenvalue weighted by molar-refractivity contribution is 5.94. The zero-order chi connectivity index (χ0) is 21.6. The molecule has 1 aliphatic heterocycles. The molecule has 0 unspecified atom stereocenters. The summed E-state index contributed by atoms with van der Waals surface area (Å²) in [6, 6.07) is 12.6. The predicted molar refractivity (Wildman–Crippen MR) is 114 cm³/mol. The lowest BCUT2D eigenvalue weighted by Gasteiger charge is -2.28. The highest BCUT2D eigenvalue weighted by Gasteiger charge is 2.19. The second-order valence-corrected chi connectivity index (χ2v) is 7.16. The molecule has 31 heavy (non-hydrogen) atoms. The summed E-state index contributed by atoms with van der Waals surface area (Å²) in [7, 11) is 0. The molecule has 1 saturated heterocycles. The van der Waals surface area contributed by atoms with E-state index < -0.39 is 0 Å². The highest BCUT2D eigenvalue weighted by Crippen LogP contribution is 2.28. The van der Waals surface area contributed by atoms with Gasteiger partial charge in [-0.1, -0.05) is 12.1 Å². The first-order valence-corrected chi connectivity index (χ1v) is 10.1. The van der Waals surface area contributed by atoms with Crippen molar-refractivity contribution in [3.05, 3.63) is 77.9 Å². The van der Waals surface area contributed by atoms with Gasteiger partial charge in [0.25, 0.3) is 11.8 Å². The van der Waals surface area contributed by atoms with Gasteiger partial charge >= 0.3 is 0 Å². The highest BCUT2D eigenvalue weighted by atomic mass is 19.1. The number of anilines is 1. The fourth-order valence-electron chi connectivity index (χ4n) is 3.28. The number of aromatic nitrogens is 2. The summed E-state index contributed by atoms with van der Waals surface area (Å²) in [6.07, 6.45) is 3.21. The molecular weight excluding hydrogens is 399 g/mol. The van der Waals surface area contributed by atoms with Crippen LogP contribution in [0.3, 0.4) is 0 Å². The maximum absolute atomic E-state index is 13.1. The Hall–Kier alpha value is -3.52. The van der Waals surface area contributed by atoms with E-state index in [0.717, 1.165) is 18.7 Å². The summed E-state index contributed by atoms with van der Waals surface area (Å²) in [5.74, 6) is 1.10. The summed E-state index contributed by atoms with van der Waals surface area (Å²) in [6.45, 7) is 4.57. The van der Waals surface area contributed by atoms with Crippen molar-refractivity contribution in [1.82, 2.24) is 15.3 Å². The number of morpholine rings is 1. The van der Waals surface area contributed by atoms with E-state index in [4.69, 9.17) is 9.47 Å². The van der Waals surface area contributed by atoms with E-state index >= 15 is 0 Å². The predicted octanol–water partition coefficient (Wildman–Crippen LogP) is 3.74. The first kappa shape index (κ1) is 20.7. The van der Waals surface area contributed by atoms with Crippen LogP contribution in [0, 0.1) is 5.82 Å². The Morgan fingerprint density at radius 3 is 2.45 bits per heavy atom. The Kier molecular flexibility index (Phi) is 6.37. The topological polar surface area (TPSA) is 76.6 Å². The smallest absolute Gasteiger partial charge is 0.263 e. The minimum Gasteiger partial charge on any atom is -0.436 e. The first-order chi connectivity index (χ1) is 15.1. The van der Waals surface area contributed by atoms with Crippen molar-refractivity contribution in [2.24, 2.45) is 0 Å². The van der Waals surface area contributed by atoms with E-state index in [9.17, 15) is 9.18 Å². The van der Waals surface area contributed by atoms with E-state index in [0.29, 0.717) is 36.2 Å². The molecule has 1 atom stereocenters. The minimum absolute atomic E-state index is 0.225. The molecule has 0 bridgehead atoms. The van der Waals surface area contributed by atoms with Crippen molar-refractivity contribution in [1.29, 1.82) is 0 Å². The number of carbonyl (C=O) groups excluding carboxylic acids is 1. The molecule has 1 aromatic heterocycles. The standard InChI is InChI=1S/C23H23FN4O3/c1-16(17-2-6-19(24)7-3-17)27-22(29)18-4-8-20(9-5-18)31-23-21(25-10-11-26-23)28-12-14-30-15-13-28/h2-11,16H,12-15H2,1H3,(H,27,29)/t16-/m1/s1. The molecule has 8 heteroatoms. The van der Waals surface area contributed by atoms with E-state index in [1.807, 2.05) is 6.92 Å². The third-order valence-corrected chi connectivity index (χ3v) is 5.01. The molecule has 0 saturated carbocycles. The van der Waals surface area contributed by atoms with Gasteiger partial charge in [-0.05, 0) is 48.9 Å². The second-order valence-electron chi connectivity index (χ2n) is 7.16. The van der Waals surface area contributed by atoms with E-state index in [1.165, 1.54) is 12.1 Å². The van der Waals surface area contributed by atoms with Crippen LogP contribution in [0.5, 0.6) is 11.6 Å². The van der Waals surface area contributed by atoms with Gasteiger partial charge < -0.3 is 19.7 Å². The van der Waals surface area contributed by atoms with Crippen LogP contribution in [-0.2, 0) is 4.74 Å². The number of amides is 1. The van der Waals surface area contributed by atoms with Gasteiger partial charge in [-0.3, -0.25) is 4.79 Å². The maximum atomic E-state index is 13.1. The number of rotatable bonds is 6. The van der Waals surface area contributed by atoms with Gasteiger partial charge in [0.15, 0.2) is 5.82 Å². The number of ether oxygens (including phenoxy) is 2. The van der Waals surface area contributed by atoms with Gasteiger partial charge in [0.1, 0.15) is 11.6 Å². The van der Waals surface area contributed by atoms with E-state index in [1.54, 1.807) is 48.8 Å². The monoisotopic (exact) mass is 422 g/mol. The molecule has 1 fully saturated rings. The van der Waals surface area contributed by atoms with Crippen LogP contribution in [0.4, 0.5) is 10.2 Å². The number of nitrogens with one attached hydrogen (secondary N) is 1. The minimum atomic E-state index is -0.308. The third kappa shape index (κ3) is 5.16. The summed E-state index contributed by atoms with van der Waals surface area (Å²) in [5, 5.41) is 2.91. The van der Waals surface area contributed by atoms with E-state index in [-0.39, 0.29) is 17.8 Å².